The Balaban J connectivity index is 2.24. The number of carbonyl (C=O) groups excluding carboxylic acids is 2. The first-order valence-electron chi connectivity index (χ1n) is 9.87. The number of carbonyl (C=O) groups is 3. The van der Waals surface area contributed by atoms with Crippen molar-refractivity contribution in [3.05, 3.63) is 36.0 Å². The van der Waals surface area contributed by atoms with E-state index < -0.39 is 35.9 Å². The molecule has 0 saturated heterocycles. The monoisotopic (exact) mass is 434 g/mol. The van der Waals surface area contributed by atoms with E-state index >= 15 is 0 Å². The second-order valence-electron chi connectivity index (χ2n) is 7.58. The van der Waals surface area contributed by atoms with E-state index in [4.69, 9.17) is 5.73 Å². The van der Waals surface area contributed by atoms with Crippen LogP contribution in [0.2, 0.25) is 0 Å². The number of aliphatic carboxylic acids is 1. The molecule has 1 aromatic carbocycles. The smallest absolute Gasteiger partial charge is 0.326 e. The number of benzene rings is 1. The molecule has 2 amide bonds. The molecule has 3 unspecified atom stereocenters. The minimum Gasteiger partial charge on any atom is -0.480 e. The molecule has 164 valence electrons. The first-order valence-corrected chi connectivity index (χ1v) is 11.3. The van der Waals surface area contributed by atoms with Crippen LogP contribution in [0.25, 0.3) is 10.9 Å². The summed E-state index contributed by atoms with van der Waals surface area (Å²) in [6.45, 7) is 3.64. The van der Waals surface area contributed by atoms with Crippen LogP contribution < -0.4 is 16.4 Å². The molecule has 0 radical (unpaired) electrons. The number of thioether (sulfide) groups is 1. The van der Waals surface area contributed by atoms with Crippen LogP contribution in [0.4, 0.5) is 0 Å². The zero-order chi connectivity index (χ0) is 22.3. The molecule has 0 bridgehead atoms. The number of nitrogens with two attached hydrogens (primary N) is 1. The number of para-hydroxylation sites is 1. The third kappa shape index (κ3) is 6.24. The highest BCUT2D eigenvalue weighted by atomic mass is 32.2. The Bertz CT molecular complexity index is 883. The van der Waals surface area contributed by atoms with E-state index in [1.165, 1.54) is 11.8 Å². The number of hydrogen-bond acceptors (Lipinski definition) is 5. The lowest BCUT2D eigenvalue weighted by molar-refractivity contribution is -0.142. The van der Waals surface area contributed by atoms with Crippen LogP contribution in [0.5, 0.6) is 0 Å². The van der Waals surface area contributed by atoms with E-state index in [0.717, 1.165) is 16.5 Å². The SMILES string of the molecule is CSCCC(NC(=O)C(Cc1c[nH]c2ccccc12)NC(=O)C(N)C(C)C)C(=O)O. The molecule has 8 nitrogen and oxygen atoms in total. The predicted octanol–water partition coefficient (Wildman–Crippen LogP) is 1.50. The summed E-state index contributed by atoms with van der Waals surface area (Å²) in [4.78, 5) is 40.2. The topological polar surface area (TPSA) is 137 Å². The van der Waals surface area contributed by atoms with Gasteiger partial charge in [0.2, 0.25) is 11.8 Å². The van der Waals surface area contributed by atoms with Crippen molar-refractivity contribution in [2.45, 2.75) is 44.8 Å². The lowest BCUT2D eigenvalue weighted by Crippen LogP contribution is -2.56. The second-order valence-corrected chi connectivity index (χ2v) is 8.56. The van der Waals surface area contributed by atoms with Gasteiger partial charge in [0.05, 0.1) is 6.04 Å². The van der Waals surface area contributed by atoms with Gasteiger partial charge < -0.3 is 26.5 Å². The number of carboxylic acid groups (broad SMARTS) is 1. The van der Waals surface area contributed by atoms with E-state index in [1.807, 2.05) is 44.4 Å². The van der Waals surface area contributed by atoms with Crippen LogP contribution in [0, 0.1) is 5.92 Å². The third-order valence-electron chi connectivity index (χ3n) is 4.98. The Hall–Kier alpha value is -2.52. The predicted molar refractivity (Wildman–Crippen MR) is 119 cm³/mol. The van der Waals surface area contributed by atoms with Crippen LogP contribution >= 0.6 is 11.8 Å². The number of hydrogen-bond donors (Lipinski definition) is 5. The number of H-pyrrole nitrogens is 1. The van der Waals surface area contributed by atoms with E-state index in [0.29, 0.717) is 12.2 Å². The fraction of sp³-hybridized carbons (Fsp3) is 0.476. The fourth-order valence-corrected chi connectivity index (χ4v) is 3.54. The van der Waals surface area contributed by atoms with E-state index in [2.05, 4.69) is 15.6 Å². The average Bonchev–Trinajstić information content (AvgIpc) is 3.12. The van der Waals surface area contributed by atoms with Gasteiger partial charge in [-0.3, -0.25) is 9.59 Å². The van der Waals surface area contributed by atoms with Crippen LogP contribution in [0.3, 0.4) is 0 Å². The summed E-state index contributed by atoms with van der Waals surface area (Å²) in [6, 6.07) is 4.91. The standard InChI is InChI=1S/C21H30N4O4S/c1-12(2)18(22)20(27)25-17(19(26)24-16(21(28)29)8-9-30-3)10-13-11-23-15-7-5-4-6-14(13)15/h4-7,11-12,16-18,23H,8-10,22H2,1-3H3,(H,24,26)(H,25,27)(H,28,29). The first-order chi connectivity index (χ1) is 14.2. The molecule has 0 aliphatic rings. The van der Waals surface area contributed by atoms with Crippen molar-refractivity contribution in [1.29, 1.82) is 0 Å². The number of aromatic amines is 1. The van der Waals surface area contributed by atoms with Gasteiger partial charge in [0.1, 0.15) is 12.1 Å². The average molecular weight is 435 g/mol. The second kappa shape index (κ2) is 11.0. The maximum atomic E-state index is 13.0. The Kier molecular flexibility index (Phi) is 8.73. The highest BCUT2D eigenvalue weighted by Crippen LogP contribution is 2.19. The van der Waals surface area contributed by atoms with Gasteiger partial charge >= 0.3 is 5.97 Å². The summed E-state index contributed by atoms with van der Waals surface area (Å²) >= 11 is 1.50. The Morgan fingerprint density at radius 3 is 2.43 bits per heavy atom. The lowest BCUT2D eigenvalue weighted by Gasteiger charge is -2.24. The quantitative estimate of drug-likeness (QED) is 0.363. The number of amides is 2. The van der Waals surface area contributed by atoms with Crippen molar-refractivity contribution in [1.82, 2.24) is 15.6 Å². The molecule has 9 heteroatoms. The van der Waals surface area contributed by atoms with Gasteiger partial charge in [-0.05, 0) is 36.0 Å². The molecule has 3 atom stereocenters. The molecule has 0 fully saturated rings. The van der Waals surface area contributed by atoms with E-state index in [1.54, 1.807) is 6.20 Å². The minimum absolute atomic E-state index is 0.102. The largest absolute Gasteiger partial charge is 0.480 e. The number of aromatic nitrogens is 1. The maximum Gasteiger partial charge on any atom is 0.326 e. The molecule has 0 saturated carbocycles. The van der Waals surface area contributed by atoms with Crippen molar-refractivity contribution in [3.8, 4) is 0 Å². The van der Waals surface area contributed by atoms with Gasteiger partial charge in [0.15, 0.2) is 0 Å². The van der Waals surface area contributed by atoms with Gasteiger partial charge in [0, 0.05) is 23.5 Å². The van der Waals surface area contributed by atoms with Crippen molar-refractivity contribution in [2.75, 3.05) is 12.0 Å². The molecule has 6 N–H and O–H groups in total. The molecule has 0 aliphatic carbocycles. The number of rotatable bonds is 11. The number of nitrogens with one attached hydrogen (secondary N) is 3. The molecule has 2 rings (SSSR count). The van der Waals surface area contributed by atoms with Gasteiger partial charge in [-0.15, -0.1) is 0 Å². The van der Waals surface area contributed by atoms with Crippen molar-refractivity contribution in [2.24, 2.45) is 11.7 Å². The van der Waals surface area contributed by atoms with Crippen molar-refractivity contribution >= 4 is 40.4 Å². The van der Waals surface area contributed by atoms with Crippen LogP contribution in [-0.4, -0.2) is 58.0 Å². The summed E-state index contributed by atoms with van der Waals surface area (Å²) in [7, 11) is 0. The molecular formula is C21H30N4O4S. The summed E-state index contributed by atoms with van der Waals surface area (Å²) < 4.78 is 0. The van der Waals surface area contributed by atoms with Crippen LogP contribution in [0.1, 0.15) is 25.8 Å². The van der Waals surface area contributed by atoms with Gasteiger partial charge in [-0.2, -0.15) is 11.8 Å². The lowest BCUT2D eigenvalue weighted by atomic mass is 10.0. The van der Waals surface area contributed by atoms with Gasteiger partial charge in [0.25, 0.3) is 0 Å². The third-order valence-corrected chi connectivity index (χ3v) is 5.62. The Morgan fingerprint density at radius 1 is 1.13 bits per heavy atom. The van der Waals surface area contributed by atoms with Crippen molar-refractivity contribution in [3.63, 3.8) is 0 Å². The van der Waals surface area contributed by atoms with Gasteiger partial charge in [-0.25, -0.2) is 4.79 Å². The Labute approximate surface area is 180 Å². The van der Waals surface area contributed by atoms with E-state index in [-0.39, 0.29) is 12.3 Å². The van der Waals surface area contributed by atoms with Crippen LogP contribution in [-0.2, 0) is 20.8 Å². The van der Waals surface area contributed by atoms with E-state index in [9.17, 15) is 19.5 Å². The molecular weight excluding hydrogens is 404 g/mol. The molecule has 1 aromatic heterocycles. The fourth-order valence-electron chi connectivity index (χ4n) is 3.07. The highest BCUT2D eigenvalue weighted by Gasteiger charge is 2.29. The zero-order valence-corrected chi connectivity index (χ0v) is 18.3. The summed E-state index contributed by atoms with van der Waals surface area (Å²) in [5.41, 5.74) is 7.71. The van der Waals surface area contributed by atoms with Crippen molar-refractivity contribution < 1.29 is 19.5 Å². The molecule has 0 spiro atoms. The summed E-state index contributed by atoms with van der Waals surface area (Å²) in [5, 5.41) is 15.7. The van der Waals surface area contributed by atoms with Gasteiger partial charge in [-0.1, -0.05) is 32.0 Å². The Morgan fingerprint density at radius 2 is 1.80 bits per heavy atom. The maximum absolute atomic E-state index is 13.0. The summed E-state index contributed by atoms with van der Waals surface area (Å²) in [6.07, 6.45) is 4.17. The number of fused-ring (bicyclic) bond motifs is 1. The first kappa shape index (κ1) is 23.8. The highest BCUT2D eigenvalue weighted by molar-refractivity contribution is 7.98. The minimum atomic E-state index is -1.10. The normalized spacial score (nSPS) is 14.3. The molecule has 1 heterocycles. The molecule has 0 aliphatic heterocycles. The zero-order valence-electron chi connectivity index (χ0n) is 17.5. The van der Waals surface area contributed by atoms with Crippen LogP contribution in [0.15, 0.2) is 30.5 Å². The summed E-state index contributed by atoms with van der Waals surface area (Å²) in [5.74, 6) is -1.60. The molecule has 30 heavy (non-hydrogen) atoms. The molecule has 2 aromatic rings. The number of carboxylic acids is 1.